The minimum Gasteiger partial charge on any atom is -0.472 e. The molecule has 0 bridgehead atoms. The summed E-state index contributed by atoms with van der Waals surface area (Å²) in [6.07, 6.45) is 7.58. The van der Waals surface area contributed by atoms with E-state index in [1.807, 2.05) is 0 Å². The summed E-state index contributed by atoms with van der Waals surface area (Å²) in [6, 6.07) is 4.02. The van der Waals surface area contributed by atoms with Gasteiger partial charge in [0.1, 0.15) is 5.41 Å². The Balaban J connectivity index is 1.96. The van der Waals surface area contributed by atoms with Gasteiger partial charge in [0.15, 0.2) is 0 Å². The first-order valence-corrected chi connectivity index (χ1v) is 5.97. The van der Waals surface area contributed by atoms with Crippen molar-refractivity contribution in [2.75, 3.05) is 0 Å². The van der Waals surface area contributed by atoms with E-state index in [1.165, 1.54) is 0 Å². The fraction of sp³-hybridized carbons (Fsp3) is 0.538. The highest BCUT2D eigenvalue weighted by atomic mass is 16.3. The second kappa shape index (κ2) is 5.05. The number of amides is 1. The standard InChI is InChI=1S/C13H16N2O2/c14-10-13(5-2-1-3-6-13)12(16)15-8-11-4-7-17-9-11/h4,7,9H,1-3,5-6,8H2,(H,15,16). The van der Waals surface area contributed by atoms with E-state index in [0.717, 1.165) is 24.8 Å². The zero-order chi connectivity index (χ0) is 12.1. The molecule has 1 heterocycles. The fourth-order valence-electron chi connectivity index (χ4n) is 2.29. The van der Waals surface area contributed by atoms with Gasteiger partial charge >= 0.3 is 0 Å². The van der Waals surface area contributed by atoms with E-state index in [1.54, 1.807) is 18.6 Å². The average Bonchev–Trinajstić information content (AvgIpc) is 2.90. The Morgan fingerprint density at radius 1 is 1.47 bits per heavy atom. The van der Waals surface area contributed by atoms with Crippen LogP contribution in [0.4, 0.5) is 0 Å². The third-order valence-electron chi connectivity index (χ3n) is 3.39. The Labute approximate surface area is 101 Å². The quantitative estimate of drug-likeness (QED) is 0.870. The molecule has 1 amide bonds. The van der Waals surface area contributed by atoms with E-state index < -0.39 is 5.41 Å². The van der Waals surface area contributed by atoms with Crippen molar-refractivity contribution in [3.8, 4) is 6.07 Å². The molecular weight excluding hydrogens is 216 g/mol. The fourth-order valence-corrected chi connectivity index (χ4v) is 2.29. The summed E-state index contributed by atoms with van der Waals surface area (Å²) in [5.41, 5.74) is 0.115. The van der Waals surface area contributed by atoms with Crippen LogP contribution in [-0.2, 0) is 11.3 Å². The predicted octanol–water partition coefficient (Wildman–Crippen LogP) is 2.37. The van der Waals surface area contributed by atoms with Crippen LogP contribution >= 0.6 is 0 Å². The van der Waals surface area contributed by atoms with Crippen LogP contribution < -0.4 is 5.32 Å². The third-order valence-corrected chi connectivity index (χ3v) is 3.39. The number of carbonyl (C=O) groups excluding carboxylic acids is 1. The Kier molecular flexibility index (Phi) is 3.48. The molecule has 17 heavy (non-hydrogen) atoms. The molecule has 1 aliphatic carbocycles. The van der Waals surface area contributed by atoms with Crippen molar-refractivity contribution in [1.82, 2.24) is 5.32 Å². The van der Waals surface area contributed by atoms with Crippen LogP contribution in [0.25, 0.3) is 0 Å². The van der Waals surface area contributed by atoms with Gasteiger partial charge in [-0.2, -0.15) is 5.26 Å². The molecule has 1 N–H and O–H groups in total. The van der Waals surface area contributed by atoms with Gasteiger partial charge in [0.05, 0.1) is 18.6 Å². The lowest BCUT2D eigenvalue weighted by molar-refractivity contribution is -0.129. The van der Waals surface area contributed by atoms with Crippen molar-refractivity contribution in [2.45, 2.75) is 38.6 Å². The lowest BCUT2D eigenvalue weighted by atomic mass is 9.74. The molecule has 2 rings (SSSR count). The lowest BCUT2D eigenvalue weighted by Gasteiger charge is -2.29. The molecule has 0 radical (unpaired) electrons. The van der Waals surface area contributed by atoms with Gasteiger partial charge in [0, 0.05) is 12.1 Å². The maximum atomic E-state index is 12.1. The zero-order valence-corrected chi connectivity index (χ0v) is 9.74. The van der Waals surface area contributed by atoms with Crippen molar-refractivity contribution in [3.63, 3.8) is 0 Å². The highest BCUT2D eigenvalue weighted by molar-refractivity contribution is 5.85. The number of hydrogen-bond acceptors (Lipinski definition) is 3. The first-order valence-electron chi connectivity index (χ1n) is 5.97. The van der Waals surface area contributed by atoms with Crippen LogP contribution in [0.5, 0.6) is 0 Å². The Morgan fingerprint density at radius 3 is 2.82 bits per heavy atom. The van der Waals surface area contributed by atoms with Crippen molar-refractivity contribution in [3.05, 3.63) is 24.2 Å². The number of nitriles is 1. The van der Waals surface area contributed by atoms with Gasteiger partial charge in [-0.1, -0.05) is 19.3 Å². The van der Waals surface area contributed by atoms with Crippen molar-refractivity contribution >= 4 is 5.91 Å². The molecule has 0 unspecified atom stereocenters. The van der Waals surface area contributed by atoms with Gasteiger partial charge < -0.3 is 9.73 Å². The number of carbonyl (C=O) groups is 1. The first kappa shape index (κ1) is 11.7. The smallest absolute Gasteiger partial charge is 0.240 e. The number of furan rings is 1. The molecule has 1 aromatic heterocycles. The lowest BCUT2D eigenvalue weighted by Crippen LogP contribution is -2.41. The van der Waals surface area contributed by atoms with Crippen molar-refractivity contribution in [2.24, 2.45) is 5.41 Å². The SMILES string of the molecule is N#CC1(C(=O)NCc2ccoc2)CCCCC1. The molecule has 0 aliphatic heterocycles. The molecule has 1 aromatic rings. The van der Waals surface area contributed by atoms with Gasteiger partial charge in [-0.3, -0.25) is 4.79 Å². The maximum Gasteiger partial charge on any atom is 0.240 e. The van der Waals surface area contributed by atoms with Crippen LogP contribution in [0.3, 0.4) is 0 Å². The summed E-state index contributed by atoms with van der Waals surface area (Å²) >= 11 is 0. The summed E-state index contributed by atoms with van der Waals surface area (Å²) in [6.45, 7) is 0.429. The summed E-state index contributed by atoms with van der Waals surface area (Å²) in [7, 11) is 0. The summed E-state index contributed by atoms with van der Waals surface area (Å²) < 4.78 is 4.93. The molecular formula is C13H16N2O2. The highest BCUT2D eigenvalue weighted by Crippen LogP contribution is 2.35. The highest BCUT2D eigenvalue weighted by Gasteiger charge is 2.39. The number of nitrogens with zero attached hydrogens (tertiary/aromatic N) is 1. The molecule has 0 atom stereocenters. The van der Waals surface area contributed by atoms with E-state index in [4.69, 9.17) is 4.42 Å². The molecule has 0 saturated heterocycles. The first-order chi connectivity index (χ1) is 8.27. The minimum atomic E-state index is -0.804. The second-order valence-corrected chi connectivity index (χ2v) is 4.57. The van der Waals surface area contributed by atoms with Crippen LogP contribution in [-0.4, -0.2) is 5.91 Å². The summed E-state index contributed by atoms with van der Waals surface area (Å²) in [5, 5.41) is 12.1. The minimum absolute atomic E-state index is 0.138. The summed E-state index contributed by atoms with van der Waals surface area (Å²) in [4.78, 5) is 12.1. The van der Waals surface area contributed by atoms with Crippen LogP contribution in [0.15, 0.2) is 23.0 Å². The molecule has 1 aliphatic rings. The van der Waals surface area contributed by atoms with Gasteiger partial charge in [-0.25, -0.2) is 0 Å². The molecule has 1 fully saturated rings. The molecule has 90 valence electrons. The monoisotopic (exact) mass is 232 g/mol. The molecule has 4 nitrogen and oxygen atoms in total. The van der Waals surface area contributed by atoms with Gasteiger partial charge in [0.25, 0.3) is 0 Å². The average molecular weight is 232 g/mol. The Hall–Kier alpha value is -1.76. The predicted molar refractivity (Wildman–Crippen MR) is 61.7 cm³/mol. The van der Waals surface area contributed by atoms with E-state index in [9.17, 15) is 10.1 Å². The molecule has 1 saturated carbocycles. The number of rotatable bonds is 3. The molecule has 0 spiro atoms. The van der Waals surface area contributed by atoms with Crippen molar-refractivity contribution in [1.29, 1.82) is 5.26 Å². The van der Waals surface area contributed by atoms with Gasteiger partial charge in [-0.05, 0) is 18.9 Å². The van der Waals surface area contributed by atoms with Crippen LogP contribution in [0, 0.1) is 16.7 Å². The zero-order valence-electron chi connectivity index (χ0n) is 9.74. The Morgan fingerprint density at radius 2 is 2.24 bits per heavy atom. The van der Waals surface area contributed by atoms with E-state index in [-0.39, 0.29) is 5.91 Å². The number of nitrogens with one attached hydrogen (secondary N) is 1. The van der Waals surface area contributed by atoms with E-state index in [0.29, 0.717) is 19.4 Å². The van der Waals surface area contributed by atoms with Gasteiger partial charge in [0.2, 0.25) is 5.91 Å². The second-order valence-electron chi connectivity index (χ2n) is 4.57. The van der Waals surface area contributed by atoms with E-state index in [2.05, 4.69) is 11.4 Å². The van der Waals surface area contributed by atoms with E-state index >= 15 is 0 Å². The molecule has 0 aromatic carbocycles. The number of hydrogen-bond donors (Lipinski definition) is 1. The largest absolute Gasteiger partial charge is 0.472 e. The summed E-state index contributed by atoms with van der Waals surface area (Å²) in [5.74, 6) is -0.138. The van der Waals surface area contributed by atoms with Crippen molar-refractivity contribution < 1.29 is 9.21 Å². The topological polar surface area (TPSA) is 66.0 Å². The maximum absolute atomic E-state index is 12.1. The van der Waals surface area contributed by atoms with Crippen LogP contribution in [0.1, 0.15) is 37.7 Å². The normalized spacial score (nSPS) is 18.3. The van der Waals surface area contributed by atoms with Gasteiger partial charge in [-0.15, -0.1) is 0 Å². The van der Waals surface area contributed by atoms with Crippen LogP contribution in [0.2, 0.25) is 0 Å². The Bertz CT molecular complexity index is 411. The molecule has 4 heteroatoms. The third kappa shape index (κ3) is 2.50.